The molecule has 0 radical (unpaired) electrons. The van der Waals surface area contributed by atoms with Crippen molar-refractivity contribution in [2.75, 3.05) is 11.9 Å². The molecular weight excluding hydrogens is 344 g/mol. The van der Waals surface area contributed by atoms with Crippen LogP contribution in [0.4, 0.5) is 11.4 Å². The summed E-state index contributed by atoms with van der Waals surface area (Å²) in [5, 5.41) is 15.7. The molecule has 2 aromatic carbocycles. The van der Waals surface area contributed by atoms with Crippen molar-refractivity contribution in [3.8, 4) is 0 Å². The van der Waals surface area contributed by atoms with Gasteiger partial charge in [0.25, 0.3) is 11.6 Å². The number of non-ortho nitro benzene ring substituents is 1. The summed E-state index contributed by atoms with van der Waals surface area (Å²) < 4.78 is 4.85. The number of oxazole rings is 1. The van der Waals surface area contributed by atoms with Crippen LogP contribution in [-0.2, 0) is 4.79 Å². The Kier molecular flexibility index (Phi) is 4.48. The number of hydrogen-bond donors (Lipinski definition) is 3. The van der Waals surface area contributed by atoms with Crippen molar-refractivity contribution in [1.82, 2.24) is 10.3 Å². The molecule has 3 N–H and O–H groups in total. The minimum Gasteiger partial charge on any atom is -0.408 e. The van der Waals surface area contributed by atoms with Gasteiger partial charge >= 0.3 is 5.76 Å². The lowest BCUT2D eigenvalue weighted by molar-refractivity contribution is -0.384. The first-order valence-electron chi connectivity index (χ1n) is 7.38. The summed E-state index contributed by atoms with van der Waals surface area (Å²) in [5.74, 6) is -1.72. The van der Waals surface area contributed by atoms with E-state index >= 15 is 0 Å². The highest BCUT2D eigenvalue weighted by molar-refractivity contribution is 6.00. The summed E-state index contributed by atoms with van der Waals surface area (Å²) in [6.45, 7) is -0.332. The number of amides is 2. The predicted molar refractivity (Wildman–Crippen MR) is 90.9 cm³/mol. The molecule has 26 heavy (non-hydrogen) atoms. The van der Waals surface area contributed by atoms with E-state index < -0.39 is 22.5 Å². The predicted octanol–water partition coefficient (Wildman–Crippen LogP) is 1.40. The van der Waals surface area contributed by atoms with Gasteiger partial charge in [0.1, 0.15) is 0 Å². The molecule has 0 unspecified atom stereocenters. The van der Waals surface area contributed by atoms with E-state index in [-0.39, 0.29) is 17.8 Å². The van der Waals surface area contributed by atoms with E-state index in [0.29, 0.717) is 16.8 Å². The van der Waals surface area contributed by atoms with Crippen molar-refractivity contribution in [2.45, 2.75) is 0 Å². The van der Waals surface area contributed by atoms with Gasteiger partial charge < -0.3 is 15.1 Å². The van der Waals surface area contributed by atoms with Crippen LogP contribution in [0.1, 0.15) is 10.4 Å². The summed E-state index contributed by atoms with van der Waals surface area (Å²) in [6.07, 6.45) is 0. The number of nitro groups is 1. The summed E-state index contributed by atoms with van der Waals surface area (Å²) in [7, 11) is 0. The van der Waals surface area contributed by atoms with Crippen LogP contribution in [0.2, 0.25) is 0 Å². The number of nitrogens with zero attached hydrogens (tertiary/aromatic N) is 1. The molecule has 0 saturated heterocycles. The molecule has 1 heterocycles. The highest BCUT2D eigenvalue weighted by Gasteiger charge is 2.13. The molecule has 0 fully saturated rings. The molecule has 1 aromatic heterocycles. The van der Waals surface area contributed by atoms with Gasteiger partial charge in [0.15, 0.2) is 5.58 Å². The van der Waals surface area contributed by atoms with Crippen molar-refractivity contribution < 1.29 is 18.9 Å². The highest BCUT2D eigenvalue weighted by atomic mass is 16.6. The molecule has 3 aromatic rings. The Hall–Kier alpha value is -3.95. The third kappa shape index (κ3) is 3.75. The minimum absolute atomic E-state index is 0.0735. The molecule has 10 heteroatoms. The first-order valence-corrected chi connectivity index (χ1v) is 7.38. The molecule has 2 amide bonds. The Labute approximate surface area is 145 Å². The number of nitro benzene ring substituents is 1. The van der Waals surface area contributed by atoms with Crippen LogP contribution >= 0.6 is 0 Å². The third-order valence-corrected chi connectivity index (χ3v) is 3.43. The maximum Gasteiger partial charge on any atom is 0.417 e. The zero-order valence-electron chi connectivity index (χ0n) is 13.1. The lowest BCUT2D eigenvalue weighted by atomic mass is 10.2. The lowest BCUT2D eigenvalue weighted by Gasteiger charge is -2.07. The average Bonchev–Trinajstić information content (AvgIpc) is 2.99. The van der Waals surface area contributed by atoms with E-state index in [9.17, 15) is 24.5 Å². The molecule has 10 nitrogen and oxygen atoms in total. The number of rotatable bonds is 5. The molecule has 0 saturated carbocycles. The van der Waals surface area contributed by atoms with Gasteiger partial charge in [-0.2, -0.15) is 0 Å². The second kappa shape index (κ2) is 6.89. The quantitative estimate of drug-likeness (QED) is 0.465. The van der Waals surface area contributed by atoms with E-state index in [1.165, 1.54) is 30.3 Å². The molecular formula is C16H12N4O6. The number of benzene rings is 2. The van der Waals surface area contributed by atoms with Gasteiger partial charge in [-0.05, 0) is 24.3 Å². The van der Waals surface area contributed by atoms with E-state index in [2.05, 4.69) is 15.6 Å². The van der Waals surface area contributed by atoms with Crippen molar-refractivity contribution >= 4 is 34.3 Å². The maximum absolute atomic E-state index is 12.0. The van der Waals surface area contributed by atoms with Crippen LogP contribution in [0.3, 0.4) is 0 Å². The van der Waals surface area contributed by atoms with Gasteiger partial charge in [0, 0.05) is 23.4 Å². The number of hydrogen-bond acceptors (Lipinski definition) is 6. The number of fused-ring (bicyclic) bond motifs is 1. The van der Waals surface area contributed by atoms with Crippen molar-refractivity contribution in [3.05, 3.63) is 68.7 Å². The van der Waals surface area contributed by atoms with Crippen LogP contribution in [0.25, 0.3) is 11.1 Å². The number of carbonyl (C=O) groups is 2. The van der Waals surface area contributed by atoms with Crippen molar-refractivity contribution in [1.29, 1.82) is 0 Å². The van der Waals surface area contributed by atoms with Crippen molar-refractivity contribution in [2.24, 2.45) is 0 Å². The average molecular weight is 356 g/mol. The molecule has 0 atom stereocenters. The Morgan fingerprint density at radius 1 is 1.19 bits per heavy atom. The van der Waals surface area contributed by atoms with Crippen LogP contribution in [0.5, 0.6) is 0 Å². The standard InChI is InChI=1S/C16H12N4O6/c21-14(18-10-4-5-13-12(7-10)19-16(23)26-13)8-17-15(22)9-2-1-3-11(6-9)20(24)25/h1-7H,8H2,(H,17,22)(H,18,21)(H,19,23). The van der Waals surface area contributed by atoms with Crippen LogP contribution in [0, 0.1) is 10.1 Å². The van der Waals surface area contributed by atoms with Crippen molar-refractivity contribution in [3.63, 3.8) is 0 Å². The number of H-pyrrole nitrogens is 1. The summed E-state index contributed by atoms with van der Waals surface area (Å²) >= 11 is 0. The van der Waals surface area contributed by atoms with Gasteiger partial charge in [-0.15, -0.1) is 0 Å². The zero-order chi connectivity index (χ0) is 18.7. The van der Waals surface area contributed by atoms with E-state index in [1.54, 1.807) is 6.07 Å². The number of aromatic amines is 1. The molecule has 132 valence electrons. The third-order valence-electron chi connectivity index (χ3n) is 3.43. The van der Waals surface area contributed by atoms with Crippen LogP contribution in [-0.4, -0.2) is 28.3 Å². The monoisotopic (exact) mass is 356 g/mol. The molecule has 0 aliphatic carbocycles. The molecule has 0 bridgehead atoms. The van der Waals surface area contributed by atoms with Crippen LogP contribution in [0.15, 0.2) is 51.7 Å². The number of nitrogens with one attached hydrogen (secondary N) is 3. The fourth-order valence-corrected chi connectivity index (χ4v) is 2.26. The largest absolute Gasteiger partial charge is 0.417 e. The fourth-order valence-electron chi connectivity index (χ4n) is 2.26. The minimum atomic E-state index is -0.613. The second-order valence-electron chi connectivity index (χ2n) is 5.26. The SMILES string of the molecule is O=C(CNC(=O)c1cccc([N+](=O)[O-])c1)Nc1ccc2oc(=O)[nH]c2c1. The number of aromatic nitrogens is 1. The normalized spacial score (nSPS) is 10.5. The molecule has 0 aliphatic rings. The topological polar surface area (TPSA) is 147 Å². The Morgan fingerprint density at radius 3 is 2.77 bits per heavy atom. The van der Waals surface area contributed by atoms with Gasteiger partial charge in [0.2, 0.25) is 5.91 Å². The number of carbonyl (C=O) groups excluding carboxylic acids is 2. The van der Waals surface area contributed by atoms with Crippen LogP contribution < -0.4 is 16.4 Å². The summed E-state index contributed by atoms with van der Waals surface area (Å²) in [5.41, 5.74) is 1.04. The second-order valence-corrected chi connectivity index (χ2v) is 5.26. The fraction of sp³-hybridized carbons (Fsp3) is 0.0625. The van der Waals surface area contributed by atoms with Gasteiger partial charge in [-0.25, -0.2) is 4.79 Å². The first-order chi connectivity index (χ1) is 12.4. The Morgan fingerprint density at radius 2 is 2.00 bits per heavy atom. The number of anilines is 1. The summed E-state index contributed by atoms with van der Waals surface area (Å²) in [4.78, 5) is 47.6. The van der Waals surface area contributed by atoms with Gasteiger partial charge in [0.05, 0.1) is 17.0 Å². The van der Waals surface area contributed by atoms with Gasteiger partial charge in [-0.3, -0.25) is 24.7 Å². The first kappa shape index (κ1) is 16.9. The smallest absolute Gasteiger partial charge is 0.408 e. The van der Waals surface area contributed by atoms with Gasteiger partial charge in [-0.1, -0.05) is 6.07 Å². The maximum atomic E-state index is 12.0. The highest BCUT2D eigenvalue weighted by Crippen LogP contribution is 2.16. The zero-order valence-corrected chi connectivity index (χ0v) is 13.1. The lowest BCUT2D eigenvalue weighted by Crippen LogP contribution is -2.32. The Bertz CT molecular complexity index is 1070. The summed E-state index contributed by atoms with van der Waals surface area (Å²) in [6, 6.07) is 9.75. The Balaban J connectivity index is 1.60. The molecule has 3 rings (SSSR count). The van der Waals surface area contributed by atoms with E-state index in [4.69, 9.17) is 4.42 Å². The molecule has 0 spiro atoms. The van der Waals surface area contributed by atoms with E-state index in [0.717, 1.165) is 6.07 Å². The van der Waals surface area contributed by atoms with E-state index in [1.807, 2.05) is 0 Å². The molecule has 0 aliphatic heterocycles.